The van der Waals surface area contributed by atoms with E-state index >= 15 is 0 Å². The predicted molar refractivity (Wildman–Crippen MR) is 64.2 cm³/mol. The first kappa shape index (κ1) is 11.9. The second-order valence-electron chi connectivity index (χ2n) is 5.42. The van der Waals surface area contributed by atoms with Crippen LogP contribution >= 0.6 is 0 Å². The molecule has 2 saturated heterocycles. The van der Waals surface area contributed by atoms with Crippen molar-refractivity contribution in [1.82, 2.24) is 15.1 Å². The Hall–Kier alpha value is -0.610. The third kappa shape index (κ3) is 2.23. The van der Waals surface area contributed by atoms with Gasteiger partial charge in [-0.1, -0.05) is 0 Å². The van der Waals surface area contributed by atoms with Crippen LogP contribution in [0.25, 0.3) is 0 Å². The average Bonchev–Trinajstić information content (AvgIpc) is 2.78. The summed E-state index contributed by atoms with van der Waals surface area (Å²) >= 11 is 0. The second kappa shape index (κ2) is 4.72. The molecule has 4 heteroatoms. The molecule has 16 heavy (non-hydrogen) atoms. The van der Waals surface area contributed by atoms with Crippen LogP contribution in [-0.2, 0) is 4.79 Å². The molecule has 0 aromatic heterocycles. The average molecular weight is 225 g/mol. The topological polar surface area (TPSA) is 35.6 Å². The lowest BCUT2D eigenvalue weighted by Gasteiger charge is -2.25. The van der Waals surface area contributed by atoms with Gasteiger partial charge in [0.25, 0.3) is 0 Å². The Kier molecular flexibility index (Phi) is 3.50. The highest BCUT2D eigenvalue weighted by Gasteiger charge is 2.43. The number of nitrogens with zero attached hydrogens (tertiary/aromatic N) is 2. The summed E-state index contributed by atoms with van der Waals surface area (Å²) in [5.41, 5.74) is 0. The number of likely N-dealkylation sites (tertiary alicyclic amines) is 1. The molecule has 0 radical (unpaired) electrons. The first-order chi connectivity index (χ1) is 7.59. The molecule has 0 spiro atoms. The van der Waals surface area contributed by atoms with Crippen LogP contribution < -0.4 is 5.32 Å². The number of carbonyl (C=O) groups is 1. The largest absolute Gasteiger partial charge is 0.339 e. The summed E-state index contributed by atoms with van der Waals surface area (Å²) in [6.07, 6.45) is 0.657. The Morgan fingerprint density at radius 1 is 1.44 bits per heavy atom. The molecule has 2 heterocycles. The molecule has 0 saturated carbocycles. The van der Waals surface area contributed by atoms with Gasteiger partial charge in [0.2, 0.25) is 5.91 Å². The van der Waals surface area contributed by atoms with Gasteiger partial charge in [0.1, 0.15) is 0 Å². The summed E-state index contributed by atoms with van der Waals surface area (Å²) in [6.45, 7) is 6.20. The molecule has 0 aromatic carbocycles. The standard InChI is InChI=1S/C12H23N3O/c1-9-11-7-13-6-10(11)8-15(9)12(16)4-5-14(2)3/h9-11,13H,4-8H2,1-3H3. The summed E-state index contributed by atoms with van der Waals surface area (Å²) < 4.78 is 0. The highest BCUT2D eigenvalue weighted by Crippen LogP contribution is 2.32. The van der Waals surface area contributed by atoms with Gasteiger partial charge >= 0.3 is 0 Å². The molecule has 2 aliphatic heterocycles. The highest BCUT2D eigenvalue weighted by atomic mass is 16.2. The van der Waals surface area contributed by atoms with E-state index in [1.54, 1.807) is 0 Å². The van der Waals surface area contributed by atoms with Crippen LogP contribution in [-0.4, -0.2) is 62.0 Å². The van der Waals surface area contributed by atoms with Crippen LogP contribution in [0.4, 0.5) is 0 Å². The van der Waals surface area contributed by atoms with E-state index in [0.29, 0.717) is 30.2 Å². The molecule has 1 N–H and O–H groups in total. The highest BCUT2D eigenvalue weighted by molar-refractivity contribution is 5.77. The fourth-order valence-electron chi connectivity index (χ4n) is 2.96. The minimum absolute atomic E-state index is 0.329. The molecule has 1 amide bonds. The maximum atomic E-state index is 12.1. The van der Waals surface area contributed by atoms with Gasteiger partial charge in [-0.25, -0.2) is 0 Å². The lowest BCUT2D eigenvalue weighted by atomic mass is 9.95. The number of carbonyl (C=O) groups excluding carboxylic acids is 1. The minimum atomic E-state index is 0.329. The summed E-state index contributed by atoms with van der Waals surface area (Å²) in [7, 11) is 4.03. The number of hydrogen-bond donors (Lipinski definition) is 1. The SMILES string of the molecule is CC1C2CNCC2CN1C(=O)CCN(C)C. The van der Waals surface area contributed by atoms with Gasteiger partial charge in [-0.3, -0.25) is 4.79 Å². The van der Waals surface area contributed by atoms with E-state index in [2.05, 4.69) is 22.0 Å². The van der Waals surface area contributed by atoms with E-state index in [1.165, 1.54) is 0 Å². The van der Waals surface area contributed by atoms with E-state index in [-0.39, 0.29) is 0 Å². The van der Waals surface area contributed by atoms with E-state index in [9.17, 15) is 4.79 Å². The minimum Gasteiger partial charge on any atom is -0.339 e. The number of hydrogen-bond acceptors (Lipinski definition) is 3. The van der Waals surface area contributed by atoms with Crippen LogP contribution in [0.1, 0.15) is 13.3 Å². The normalized spacial score (nSPS) is 33.5. The summed E-state index contributed by atoms with van der Waals surface area (Å²) in [4.78, 5) is 16.2. The molecular formula is C12H23N3O. The number of amides is 1. The number of nitrogens with one attached hydrogen (secondary N) is 1. The van der Waals surface area contributed by atoms with E-state index < -0.39 is 0 Å². The Labute approximate surface area is 98.0 Å². The maximum absolute atomic E-state index is 12.1. The molecule has 3 atom stereocenters. The van der Waals surface area contributed by atoms with Gasteiger partial charge in [-0.05, 0) is 32.9 Å². The monoisotopic (exact) mass is 225 g/mol. The number of rotatable bonds is 3. The zero-order valence-electron chi connectivity index (χ0n) is 10.6. The van der Waals surface area contributed by atoms with Crippen molar-refractivity contribution < 1.29 is 4.79 Å². The third-order valence-electron chi connectivity index (χ3n) is 4.03. The molecule has 0 aliphatic carbocycles. The fourth-order valence-corrected chi connectivity index (χ4v) is 2.96. The van der Waals surface area contributed by atoms with Crippen molar-refractivity contribution in [1.29, 1.82) is 0 Å². The molecule has 2 aliphatic rings. The Morgan fingerprint density at radius 2 is 2.19 bits per heavy atom. The van der Waals surface area contributed by atoms with E-state index in [4.69, 9.17) is 0 Å². The molecule has 2 rings (SSSR count). The molecule has 3 unspecified atom stereocenters. The zero-order valence-corrected chi connectivity index (χ0v) is 10.6. The zero-order chi connectivity index (χ0) is 11.7. The van der Waals surface area contributed by atoms with Crippen molar-refractivity contribution in [3.05, 3.63) is 0 Å². The first-order valence-corrected chi connectivity index (χ1v) is 6.24. The molecule has 92 valence electrons. The second-order valence-corrected chi connectivity index (χ2v) is 5.42. The Balaban J connectivity index is 1.88. The molecule has 2 fully saturated rings. The van der Waals surface area contributed by atoms with Crippen molar-refractivity contribution in [2.24, 2.45) is 11.8 Å². The molecular weight excluding hydrogens is 202 g/mol. The lowest BCUT2D eigenvalue weighted by Crippen LogP contribution is -2.39. The van der Waals surface area contributed by atoms with Gasteiger partial charge in [-0.2, -0.15) is 0 Å². The summed E-state index contributed by atoms with van der Waals surface area (Å²) in [6, 6.07) is 0.426. The van der Waals surface area contributed by atoms with Crippen LogP contribution in [0.2, 0.25) is 0 Å². The Bertz CT molecular complexity index is 267. The van der Waals surface area contributed by atoms with Crippen LogP contribution in [0.15, 0.2) is 0 Å². The van der Waals surface area contributed by atoms with Gasteiger partial charge in [-0.15, -0.1) is 0 Å². The fraction of sp³-hybridized carbons (Fsp3) is 0.917. The van der Waals surface area contributed by atoms with Gasteiger partial charge in [0.05, 0.1) is 0 Å². The maximum Gasteiger partial charge on any atom is 0.224 e. The van der Waals surface area contributed by atoms with Crippen molar-refractivity contribution in [2.75, 3.05) is 40.3 Å². The first-order valence-electron chi connectivity index (χ1n) is 6.24. The van der Waals surface area contributed by atoms with Crippen molar-refractivity contribution >= 4 is 5.91 Å². The third-order valence-corrected chi connectivity index (χ3v) is 4.03. The van der Waals surface area contributed by atoms with Crippen LogP contribution in [0.3, 0.4) is 0 Å². The smallest absolute Gasteiger partial charge is 0.224 e. The summed E-state index contributed by atoms with van der Waals surface area (Å²) in [5.74, 6) is 1.71. The summed E-state index contributed by atoms with van der Waals surface area (Å²) in [5, 5.41) is 3.42. The van der Waals surface area contributed by atoms with E-state index in [0.717, 1.165) is 26.2 Å². The molecule has 0 aromatic rings. The molecule has 0 bridgehead atoms. The molecule has 4 nitrogen and oxygen atoms in total. The van der Waals surface area contributed by atoms with Crippen molar-refractivity contribution in [3.63, 3.8) is 0 Å². The van der Waals surface area contributed by atoms with E-state index in [1.807, 2.05) is 14.1 Å². The van der Waals surface area contributed by atoms with Gasteiger partial charge < -0.3 is 15.1 Å². The van der Waals surface area contributed by atoms with Crippen molar-refractivity contribution in [3.8, 4) is 0 Å². The van der Waals surface area contributed by atoms with Gasteiger partial charge in [0.15, 0.2) is 0 Å². The number of fused-ring (bicyclic) bond motifs is 1. The quantitative estimate of drug-likeness (QED) is 0.734. The van der Waals surface area contributed by atoms with Crippen LogP contribution in [0, 0.1) is 11.8 Å². The Morgan fingerprint density at radius 3 is 2.81 bits per heavy atom. The van der Waals surface area contributed by atoms with Crippen molar-refractivity contribution in [2.45, 2.75) is 19.4 Å². The lowest BCUT2D eigenvalue weighted by molar-refractivity contribution is -0.132. The van der Waals surface area contributed by atoms with Crippen LogP contribution in [0.5, 0.6) is 0 Å². The van der Waals surface area contributed by atoms with Gasteiger partial charge in [0, 0.05) is 38.6 Å². The predicted octanol–water partition coefficient (Wildman–Crippen LogP) is 0.00440.